The minimum atomic E-state index is -3.95. The molecule has 0 amide bonds. The largest absolute Gasteiger partial charge is 0.497 e. The minimum absolute atomic E-state index is 0.0193. The minimum Gasteiger partial charge on any atom is -0.497 e. The monoisotopic (exact) mass is 406 g/mol. The van der Waals surface area contributed by atoms with E-state index < -0.39 is 16.0 Å². The van der Waals surface area contributed by atoms with Crippen LogP contribution < -0.4 is 14.8 Å². The zero-order valence-electron chi connectivity index (χ0n) is 16.5. The van der Waals surface area contributed by atoms with Gasteiger partial charge in [0.25, 0.3) is 10.0 Å². The summed E-state index contributed by atoms with van der Waals surface area (Å²) in [6.45, 7) is 4.03. The van der Waals surface area contributed by atoms with E-state index in [0.717, 1.165) is 12.8 Å². The van der Waals surface area contributed by atoms with Crippen molar-refractivity contribution in [2.75, 3.05) is 24.3 Å². The summed E-state index contributed by atoms with van der Waals surface area (Å²) < 4.78 is 38.4. The molecular formula is C20H26N2O5S. The second-order valence-electron chi connectivity index (χ2n) is 6.37. The van der Waals surface area contributed by atoms with Crippen molar-refractivity contribution in [3.05, 3.63) is 48.0 Å². The van der Waals surface area contributed by atoms with E-state index in [1.165, 1.54) is 20.3 Å². The third kappa shape index (κ3) is 5.39. The van der Waals surface area contributed by atoms with Crippen LogP contribution in [0.1, 0.15) is 37.0 Å². The summed E-state index contributed by atoms with van der Waals surface area (Å²) in [5, 5.41) is 3.21. The molecule has 8 heteroatoms. The van der Waals surface area contributed by atoms with Gasteiger partial charge in [-0.15, -0.1) is 0 Å². The number of esters is 1. The summed E-state index contributed by atoms with van der Waals surface area (Å²) in [5.41, 5.74) is 0.970. The maximum absolute atomic E-state index is 13.0. The molecule has 0 saturated heterocycles. The maximum atomic E-state index is 13.0. The van der Waals surface area contributed by atoms with Crippen LogP contribution in [0, 0.1) is 0 Å². The van der Waals surface area contributed by atoms with Crippen molar-refractivity contribution in [1.29, 1.82) is 0 Å². The first kappa shape index (κ1) is 21.6. The zero-order chi connectivity index (χ0) is 20.7. The number of hydrogen-bond donors (Lipinski definition) is 2. The zero-order valence-corrected chi connectivity index (χ0v) is 17.3. The summed E-state index contributed by atoms with van der Waals surface area (Å²) in [4.78, 5) is 11.9. The molecule has 28 heavy (non-hydrogen) atoms. The summed E-state index contributed by atoms with van der Waals surface area (Å²) >= 11 is 0. The molecule has 0 aliphatic carbocycles. The third-order valence-electron chi connectivity index (χ3n) is 4.16. The number of carbonyl (C=O) groups excluding carboxylic acids is 1. The van der Waals surface area contributed by atoms with Crippen LogP contribution in [0.5, 0.6) is 5.75 Å². The Bertz CT molecular complexity index is 911. The van der Waals surface area contributed by atoms with Crippen LogP contribution in [-0.2, 0) is 14.8 Å². The molecule has 0 spiro atoms. The first-order chi connectivity index (χ1) is 13.3. The van der Waals surface area contributed by atoms with E-state index in [1.807, 2.05) is 6.92 Å². The first-order valence-electron chi connectivity index (χ1n) is 8.96. The van der Waals surface area contributed by atoms with E-state index in [-0.39, 0.29) is 16.5 Å². The summed E-state index contributed by atoms with van der Waals surface area (Å²) in [6, 6.07) is 11.0. The van der Waals surface area contributed by atoms with Crippen LogP contribution in [0.25, 0.3) is 0 Å². The number of nitrogens with one attached hydrogen (secondary N) is 2. The van der Waals surface area contributed by atoms with Crippen molar-refractivity contribution in [2.24, 2.45) is 0 Å². The van der Waals surface area contributed by atoms with Crippen LogP contribution >= 0.6 is 0 Å². The quantitative estimate of drug-likeness (QED) is 0.614. The van der Waals surface area contributed by atoms with Gasteiger partial charge in [-0.25, -0.2) is 13.2 Å². The third-order valence-corrected chi connectivity index (χ3v) is 5.58. The number of benzene rings is 2. The number of anilines is 2. The highest BCUT2D eigenvalue weighted by molar-refractivity contribution is 7.92. The van der Waals surface area contributed by atoms with Gasteiger partial charge in [-0.1, -0.05) is 13.3 Å². The lowest BCUT2D eigenvalue weighted by Gasteiger charge is -2.19. The molecule has 7 nitrogen and oxygen atoms in total. The van der Waals surface area contributed by atoms with E-state index in [0.29, 0.717) is 17.1 Å². The van der Waals surface area contributed by atoms with Gasteiger partial charge in [-0.2, -0.15) is 0 Å². The van der Waals surface area contributed by atoms with Gasteiger partial charge in [0, 0.05) is 11.7 Å². The molecule has 0 radical (unpaired) electrons. The molecule has 0 heterocycles. The van der Waals surface area contributed by atoms with Gasteiger partial charge in [0.1, 0.15) is 10.6 Å². The lowest BCUT2D eigenvalue weighted by atomic mass is 10.1. The second kappa shape index (κ2) is 9.45. The topological polar surface area (TPSA) is 93.7 Å². The second-order valence-corrected chi connectivity index (χ2v) is 8.02. The average Bonchev–Trinajstić information content (AvgIpc) is 2.68. The lowest BCUT2D eigenvalue weighted by Crippen LogP contribution is -2.20. The molecule has 2 N–H and O–H groups in total. The molecule has 2 aromatic rings. The highest BCUT2D eigenvalue weighted by atomic mass is 32.2. The Kier molecular flexibility index (Phi) is 7.28. The summed E-state index contributed by atoms with van der Waals surface area (Å²) in [7, 11) is -1.16. The molecular weight excluding hydrogens is 380 g/mol. The van der Waals surface area contributed by atoms with E-state index >= 15 is 0 Å². The molecule has 0 aliphatic rings. The van der Waals surface area contributed by atoms with Crippen molar-refractivity contribution in [3.8, 4) is 5.75 Å². The highest BCUT2D eigenvalue weighted by Crippen LogP contribution is 2.27. The Hall–Kier alpha value is -2.74. The molecule has 0 aliphatic heterocycles. The fourth-order valence-corrected chi connectivity index (χ4v) is 4.00. The van der Waals surface area contributed by atoms with Gasteiger partial charge in [-0.3, -0.25) is 4.72 Å². The van der Waals surface area contributed by atoms with Crippen molar-refractivity contribution >= 4 is 27.4 Å². The molecule has 0 aromatic heterocycles. The molecule has 2 rings (SSSR count). The molecule has 0 fully saturated rings. The van der Waals surface area contributed by atoms with Crippen LogP contribution in [0.3, 0.4) is 0 Å². The molecule has 0 saturated carbocycles. The average molecular weight is 407 g/mol. The normalized spacial score (nSPS) is 12.1. The Morgan fingerprint density at radius 3 is 2.36 bits per heavy atom. The van der Waals surface area contributed by atoms with Gasteiger partial charge >= 0.3 is 5.97 Å². The van der Waals surface area contributed by atoms with Crippen molar-refractivity contribution in [2.45, 2.75) is 37.6 Å². The number of carbonyl (C=O) groups is 1. The Morgan fingerprint density at radius 1 is 1.11 bits per heavy atom. The molecule has 2 aromatic carbocycles. The van der Waals surface area contributed by atoms with E-state index in [2.05, 4.69) is 17.0 Å². The van der Waals surface area contributed by atoms with Crippen molar-refractivity contribution in [3.63, 3.8) is 0 Å². The van der Waals surface area contributed by atoms with Gasteiger partial charge in [0.05, 0.1) is 25.5 Å². The predicted octanol–water partition coefficient (Wildman–Crippen LogP) is 3.88. The van der Waals surface area contributed by atoms with E-state index in [4.69, 9.17) is 9.47 Å². The summed E-state index contributed by atoms with van der Waals surface area (Å²) in [5.74, 6) is 0.0143. The van der Waals surface area contributed by atoms with Crippen molar-refractivity contribution < 1.29 is 22.7 Å². The molecule has 152 valence electrons. The van der Waals surface area contributed by atoms with Gasteiger partial charge in [-0.05, 0) is 55.8 Å². The lowest BCUT2D eigenvalue weighted by molar-refractivity contribution is 0.0600. The molecule has 0 bridgehead atoms. The van der Waals surface area contributed by atoms with Gasteiger partial charge in [0.2, 0.25) is 0 Å². The standard InChI is InChI=1S/C20H26N2O5S/c1-5-6-14(2)21-18-12-7-15(20(23)27-4)13-19(18)28(24,25)22-16-8-10-17(26-3)11-9-16/h7-14,21-22H,5-6H2,1-4H3/t14-/m1/s1. The number of methoxy groups -OCH3 is 2. The number of ether oxygens (including phenoxy) is 2. The van der Waals surface area contributed by atoms with Crippen LogP contribution in [0.15, 0.2) is 47.4 Å². The van der Waals surface area contributed by atoms with Gasteiger partial charge < -0.3 is 14.8 Å². The Balaban J connectivity index is 2.42. The van der Waals surface area contributed by atoms with Crippen LogP contribution in [-0.4, -0.2) is 34.6 Å². The fourth-order valence-electron chi connectivity index (χ4n) is 2.75. The molecule has 0 unspecified atom stereocenters. The SMILES string of the molecule is CCC[C@@H](C)Nc1ccc(C(=O)OC)cc1S(=O)(=O)Nc1ccc(OC)cc1. The van der Waals surface area contributed by atoms with E-state index in [1.54, 1.807) is 36.4 Å². The number of sulfonamides is 1. The first-order valence-corrected chi connectivity index (χ1v) is 10.4. The van der Waals surface area contributed by atoms with Crippen LogP contribution in [0.2, 0.25) is 0 Å². The maximum Gasteiger partial charge on any atom is 0.337 e. The van der Waals surface area contributed by atoms with Crippen LogP contribution in [0.4, 0.5) is 11.4 Å². The van der Waals surface area contributed by atoms with Crippen molar-refractivity contribution in [1.82, 2.24) is 0 Å². The Labute approximate surface area is 166 Å². The predicted molar refractivity (Wildman–Crippen MR) is 110 cm³/mol. The number of hydrogen-bond acceptors (Lipinski definition) is 6. The van der Waals surface area contributed by atoms with Gasteiger partial charge in [0.15, 0.2) is 0 Å². The van der Waals surface area contributed by atoms with E-state index in [9.17, 15) is 13.2 Å². The smallest absolute Gasteiger partial charge is 0.337 e. The Morgan fingerprint density at radius 2 is 1.79 bits per heavy atom. The summed E-state index contributed by atoms with van der Waals surface area (Å²) in [6.07, 6.45) is 1.84. The fraction of sp³-hybridized carbons (Fsp3) is 0.350. The highest BCUT2D eigenvalue weighted by Gasteiger charge is 2.22. The molecule has 1 atom stereocenters. The number of rotatable bonds is 9.